The normalized spacial score (nSPS) is 10.5. The van der Waals surface area contributed by atoms with E-state index in [2.05, 4.69) is 19.9 Å². The third kappa shape index (κ3) is 2.70. The molecule has 0 amide bonds. The van der Waals surface area contributed by atoms with E-state index in [0.29, 0.717) is 23.0 Å². The van der Waals surface area contributed by atoms with Gasteiger partial charge in [-0.3, -0.25) is 0 Å². The third-order valence-electron chi connectivity index (χ3n) is 2.98. The molecular weight excluding hydrogens is 280 g/mol. The number of aromatic nitrogens is 4. The molecule has 0 fully saturated rings. The molecule has 2 heterocycles. The molecule has 3 rings (SSSR count). The number of nitrogens with zero attached hydrogens (tertiary/aromatic N) is 4. The lowest BCUT2D eigenvalue weighted by atomic mass is 10.1. The molecule has 0 radical (unpaired) electrons. The zero-order chi connectivity index (χ0) is 15.7. The maximum Gasteiger partial charge on any atom is 0.222 e. The molecule has 8 nitrogen and oxygen atoms in total. The molecule has 0 aliphatic heterocycles. The summed E-state index contributed by atoms with van der Waals surface area (Å²) in [7, 11) is 0. The molecular formula is C14H14N8. The zero-order valence-electron chi connectivity index (χ0n) is 11.6. The molecule has 1 aromatic carbocycles. The van der Waals surface area contributed by atoms with Gasteiger partial charge in [0.15, 0.2) is 0 Å². The number of hydrogen-bond acceptors (Lipinski definition) is 8. The molecule has 3 aromatic rings. The number of benzene rings is 1. The van der Waals surface area contributed by atoms with Gasteiger partial charge in [-0.25, -0.2) is 9.97 Å². The van der Waals surface area contributed by atoms with E-state index < -0.39 is 0 Å². The van der Waals surface area contributed by atoms with Gasteiger partial charge in [0.2, 0.25) is 11.9 Å². The molecule has 0 aliphatic rings. The molecule has 0 spiro atoms. The standard InChI is InChI=1S/C14H14N8/c15-11-5-9(19-13(17)21-11)7-2-1-3-8(4-7)10-6-12(16)22-14(18)20-10/h1-6H,(H4,15,17,19,21)(H4,16,18,20,22). The summed E-state index contributed by atoms with van der Waals surface area (Å²) in [6.07, 6.45) is 0. The number of hydrogen-bond donors (Lipinski definition) is 4. The molecule has 8 heteroatoms. The van der Waals surface area contributed by atoms with Crippen molar-refractivity contribution in [2.45, 2.75) is 0 Å². The highest BCUT2D eigenvalue weighted by Crippen LogP contribution is 2.26. The molecule has 0 unspecified atom stereocenters. The Hall–Kier alpha value is -3.42. The average molecular weight is 294 g/mol. The fraction of sp³-hybridized carbons (Fsp3) is 0. The fourth-order valence-corrected chi connectivity index (χ4v) is 2.10. The number of nitrogens with two attached hydrogens (primary N) is 4. The highest BCUT2D eigenvalue weighted by molar-refractivity contribution is 5.72. The molecule has 0 saturated carbocycles. The fourth-order valence-electron chi connectivity index (χ4n) is 2.10. The highest BCUT2D eigenvalue weighted by atomic mass is 15.0. The van der Waals surface area contributed by atoms with Crippen molar-refractivity contribution in [3.05, 3.63) is 36.4 Å². The summed E-state index contributed by atoms with van der Waals surface area (Å²) in [5.41, 5.74) is 25.6. The molecule has 22 heavy (non-hydrogen) atoms. The second-order valence-corrected chi connectivity index (χ2v) is 4.65. The average Bonchev–Trinajstić information content (AvgIpc) is 2.45. The second-order valence-electron chi connectivity index (χ2n) is 4.65. The lowest BCUT2D eigenvalue weighted by molar-refractivity contribution is 1.19. The van der Waals surface area contributed by atoms with Crippen LogP contribution in [0.4, 0.5) is 23.5 Å². The van der Waals surface area contributed by atoms with Crippen molar-refractivity contribution in [3.8, 4) is 22.5 Å². The van der Waals surface area contributed by atoms with Crippen molar-refractivity contribution < 1.29 is 0 Å². The van der Waals surface area contributed by atoms with E-state index in [4.69, 9.17) is 22.9 Å². The van der Waals surface area contributed by atoms with Gasteiger partial charge in [-0.1, -0.05) is 18.2 Å². The topological polar surface area (TPSA) is 156 Å². The Morgan fingerprint density at radius 2 is 1.05 bits per heavy atom. The molecule has 0 aliphatic carbocycles. The van der Waals surface area contributed by atoms with E-state index >= 15 is 0 Å². The van der Waals surface area contributed by atoms with Crippen LogP contribution < -0.4 is 22.9 Å². The summed E-state index contributed by atoms with van der Waals surface area (Å²) in [5, 5.41) is 0. The number of anilines is 4. The van der Waals surface area contributed by atoms with Crippen LogP contribution in [0.3, 0.4) is 0 Å². The summed E-state index contributed by atoms with van der Waals surface area (Å²) >= 11 is 0. The Morgan fingerprint density at radius 3 is 1.45 bits per heavy atom. The van der Waals surface area contributed by atoms with Crippen LogP contribution in [0.1, 0.15) is 0 Å². The largest absolute Gasteiger partial charge is 0.384 e. The van der Waals surface area contributed by atoms with Crippen molar-refractivity contribution in [1.29, 1.82) is 0 Å². The minimum absolute atomic E-state index is 0.121. The molecule has 2 aromatic heterocycles. The van der Waals surface area contributed by atoms with Crippen LogP contribution >= 0.6 is 0 Å². The number of nitrogen functional groups attached to an aromatic ring is 4. The summed E-state index contributed by atoms with van der Waals surface area (Å²) in [4.78, 5) is 16.1. The molecule has 8 N–H and O–H groups in total. The van der Waals surface area contributed by atoms with Gasteiger partial charge in [-0.2, -0.15) is 9.97 Å². The maximum absolute atomic E-state index is 5.70. The second kappa shape index (κ2) is 5.17. The summed E-state index contributed by atoms with van der Waals surface area (Å²) in [6, 6.07) is 10.8. The Kier molecular flexibility index (Phi) is 3.18. The van der Waals surface area contributed by atoms with Crippen molar-refractivity contribution in [1.82, 2.24) is 19.9 Å². The van der Waals surface area contributed by atoms with E-state index in [1.807, 2.05) is 24.3 Å². The first-order chi connectivity index (χ1) is 10.5. The quantitative estimate of drug-likeness (QED) is 0.543. The smallest absolute Gasteiger partial charge is 0.222 e. The summed E-state index contributed by atoms with van der Waals surface area (Å²) in [6.45, 7) is 0. The van der Waals surface area contributed by atoms with Crippen LogP contribution in [0.2, 0.25) is 0 Å². The van der Waals surface area contributed by atoms with Crippen molar-refractivity contribution >= 4 is 23.5 Å². The molecule has 0 bridgehead atoms. The van der Waals surface area contributed by atoms with Crippen LogP contribution in [0.15, 0.2) is 36.4 Å². The molecule has 0 atom stereocenters. The lowest BCUT2D eigenvalue weighted by Gasteiger charge is -2.07. The Labute approximate surface area is 126 Å². The first-order valence-electron chi connectivity index (χ1n) is 6.42. The van der Waals surface area contributed by atoms with E-state index in [9.17, 15) is 0 Å². The first-order valence-corrected chi connectivity index (χ1v) is 6.42. The van der Waals surface area contributed by atoms with E-state index in [-0.39, 0.29) is 11.9 Å². The Balaban J connectivity index is 2.09. The Morgan fingerprint density at radius 1 is 0.591 bits per heavy atom. The van der Waals surface area contributed by atoms with E-state index in [1.54, 1.807) is 12.1 Å². The van der Waals surface area contributed by atoms with Gasteiger partial charge in [-0.05, 0) is 6.07 Å². The van der Waals surface area contributed by atoms with Crippen molar-refractivity contribution in [2.75, 3.05) is 22.9 Å². The van der Waals surface area contributed by atoms with E-state index in [1.165, 1.54) is 0 Å². The highest BCUT2D eigenvalue weighted by Gasteiger charge is 2.07. The zero-order valence-corrected chi connectivity index (χ0v) is 11.6. The monoisotopic (exact) mass is 294 g/mol. The number of rotatable bonds is 2. The maximum atomic E-state index is 5.70. The Bertz CT molecular complexity index is 739. The van der Waals surface area contributed by atoms with E-state index in [0.717, 1.165) is 11.1 Å². The predicted molar refractivity (Wildman–Crippen MR) is 86.1 cm³/mol. The van der Waals surface area contributed by atoms with Gasteiger partial charge in [0.1, 0.15) is 11.6 Å². The van der Waals surface area contributed by atoms with Crippen LogP contribution in [-0.4, -0.2) is 19.9 Å². The molecule has 0 saturated heterocycles. The van der Waals surface area contributed by atoms with Gasteiger partial charge >= 0.3 is 0 Å². The minimum atomic E-state index is 0.121. The van der Waals surface area contributed by atoms with Crippen LogP contribution in [0, 0.1) is 0 Å². The van der Waals surface area contributed by atoms with Crippen molar-refractivity contribution in [3.63, 3.8) is 0 Å². The third-order valence-corrected chi connectivity index (χ3v) is 2.98. The van der Waals surface area contributed by atoms with Gasteiger partial charge in [0, 0.05) is 23.3 Å². The van der Waals surface area contributed by atoms with Gasteiger partial charge in [0.25, 0.3) is 0 Å². The van der Waals surface area contributed by atoms with Crippen LogP contribution in [0.25, 0.3) is 22.5 Å². The van der Waals surface area contributed by atoms with Crippen LogP contribution in [0.5, 0.6) is 0 Å². The van der Waals surface area contributed by atoms with Gasteiger partial charge in [0.05, 0.1) is 11.4 Å². The lowest BCUT2D eigenvalue weighted by Crippen LogP contribution is -2.01. The van der Waals surface area contributed by atoms with Gasteiger partial charge in [-0.15, -0.1) is 0 Å². The predicted octanol–water partition coefficient (Wildman–Crippen LogP) is 0.929. The SMILES string of the molecule is Nc1cc(-c2cccc(-c3cc(N)nc(N)n3)c2)nc(N)n1. The first kappa shape index (κ1) is 13.6. The van der Waals surface area contributed by atoms with Gasteiger partial charge < -0.3 is 22.9 Å². The molecule has 110 valence electrons. The summed E-state index contributed by atoms with van der Waals surface area (Å²) in [5.74, 6) is 0.860. The van der Waals surface area contributed by atoms with Crippen LogP contribution in [-0.2, 0) is 0 Å². The minimum Gasteiger partial charge on any atom is -0.384 e. The van der Waals surface area contributed by atoms with Crippen molar-refractivity contribution in [2.24, 2.45) is 0 Å². The summed E-state index contributed by atoms with van der Waals surface area (Å²) < 4.78 is 0.